The Bertz CT molecular complexity index is 314. The van der Waals surface area contributed by atoms with Crippen LogP contribution >= 0.6 is 0 Å². The third-order valence-corrected chi connectivity index (χ3v) is 2.39. The molecule has 3 nitrogen and oxygen atoms in total. The van der Waals surface area contributed by atoms with Gasteiger partial charge in [0, 0.05) is 6.42 Å². The minimum absolute atomic E-state index is 0.529. The molecule has 0 saturated carbocycles. The van der Waals surface area contributed by atoms with Crippen LogP contribution in [0.4, 0.5) is 0 Å². The van der Waals surface area contributed by atoms with E-state index in [1.165, 1.54) is 0 Å². The molecule has 68 valence electrons. The Hall–Kier alpha value is -1.35. The molecule has 1 fully saturated rings. The largest absolute Gasteiger partial charge is 0.479 e. The average Bonchev–Trinajstić information content (AvgIpc) is 2.03. The number of hydrogen-bond donors (Lipinski definition) is 1. The summed E-state index contributed by atoms with van der Waals surface area (Å²) in [6.45, 7) is 0.529. The predicted octanol–water partition coefficient (Wildman–Crippen LogP) is 1.39. The van der Waals surface area contributed by atoms with Gasteiger partial charge in [-0.05, 0) is 5.56 Å². The maximum Gasteiger partial charge on any atom is 0.340 e. The standard InChI is InChI=1S/C10H10O3/c11-9(12)10(6-7-13-10)8-4-2-1-3-5-8/h1-5H,6-7H2,(H,11,12)/t10-/m1/s1. The second kappa shape index (κ2) is 2.85. The van der Waals surface area contributed by atoms with Crippen LogP contribution in [0.3, 0.4) is 0 Å². The fourth-order valence-electron chi connectivity index (χ4n) is 1.53. The zero-order chi connectivity index (χ0) is 9.31. The number of aliphatic carboxylic acids is 1. The highest BCUT2D eigenvalue weighted by molar-refractivity contribution is 5.80. The summed E-state index contributed by atoms with van der Waals surface area (Å²) in [6, 6.07) is 9.07. The molecule has 1 N–H and O–H groups in total. The number of hydrogen-bond acceptors (Lipinski definition) is 2. The summed E-state index contributed by atoms with van der Waals surface area (Å²) in [6.07, 6.45) is 0.562. The van der Waals surface area contributed by atoms with Crippen LogP contribution in [-0.4, -0.2) is 17.7 Å². The van der Waals surface area contributed by atoms with Gasteiger partial charge in [-0.15, -0.1) is 0 Å². The molecule has 0 radical (unpaired) electrons. The minimum Gasteiger partial charge on any atom is -0.479 e. The van der Waals surface area contributed by atoms with Gasteiger partial charge in [0.1, 0.15) is 0 Å². The number of rotatable bonds is 2. The zero-order valence-corrected chi connectivity index (χ0v) is 7.06. The van der Waals surface area contributed by atoms with Crippen molar-refractivity contribution in [3.05, 3.63) is 35.9 Å². The molecule has 1 aromatic carbocycles. The summed E-state index contributed by atoms with van der Waals surface area (Å²) >= 11 is 0. The lowest BCUT2D eigenvalue weighted by molar-refractivity contribution is -0.197. The highest BCUT2D eigenvalue weighted by atomic mass is 16.5. The number of carboxylic acid groups (broad SMARTS) is 1. The Balaban J connectivity index is 2.38. The molecule has 0 aliphatic carbocycles. The molecular formula is C10H10O3. The Morgan fingerprint density at radius 3 is 2.38 bits per heavy atom. The molecule has 0 unspecified atom stereocenters. The van der Waals surface area contributed by atoms with Gasteiger partial charge >= 0.3 is 5.97 Å². The maximum absolute atomic E-state index is 11.0. The van der Waals surface area contributed by atoms with E-state index in [4.69, 9.17) is 9.84 Å². The van der Waals surface area contributed by atoms with Crippen molar-refractivity contribution in [2.75, 3.05) is 6.61 Å². The van der Waals surface area contributed by atoms with E-state index >= 15 is 0 Å². The highest BCUT2D eigenvalue weighted by Gasteiger charge is 2.47. The van der Waals surface area contributed by atoms with E-state index in [9.17, 15) is 4.79 Å². The van der Waals surface area contributed by atoms with E-state index in [-0.39, 0.29) is 0 Å². The van der Waals surface area contributed by atoms with Crippen LogP contribution in [0.25, 0.3) is 0 Å². The molecule has 0 spiro atoms. The van der Waals surface area contributed by atoms with E-state index in [2.05, 4.69) is 0 Å². The fraction of sp³-hybridized carbons (Fsp3) is 0.300. The predicted molar refractivity (Wildman–Crippen MR) is 46.3 cm³/mol. The van der Waals surface area contributed by atoms with Crippen molar-refractivity contribution in [1.29, 1.82) is 0 Å². The van der Waals surface area contributed by atoms with E-state index in [0.29, 0.717) is 13.0 Å². The SMILES string of the molecule is O=C(O)[C@]1(c2ccccc2)CCO1. The van der Waals surface area contributed by atoms with Crippen molar-refractivity contribution in [2.24, 2.45) is 0 Å². The van der Waals surface area contributed by atoms with Crippen LogP contribution in [0.1, 0.15) is 12.0 Å². The van der Waals surface area contributed by atoms with Crippen molar-refractivity contribution in [1.82, 2.24) is 0 Å². The van der Waals surface area contributed by atoms with E-state index in [0.717, 1.165) is 5.56 Å². The summed E-state index contributed by atoms with van der Waals surface area (Å²) < 4.78 is 5.17. The smallest absolute Gasteiger partial charge is 0.340 e. The van der Waals surface area contributed by atoms with Crippen LogP contribution < -0.4 is 0 Å². The topological polar surface area (TPSA) is 46.5 Å². The first-order valence-electron chi connectivity index (χ1n) is 4.18. The quantitative estimate of drug-likeness (QED) is 0.744. The van der Waals surface area contributed by atoms with Crippen LogP contribution in [0.15, 0.2) is 30.3 Å². The van der Waals surface area contributed by atoms with Gasteiger partial charge in [-0.2, -0.15) is 0 Å². The number of carboxylic acids is 1. The Labute approximate surface area is 76.0 Å². The summed E-state index contributed by atoms with van der Waals surface area (Å²) in [4.78, 5) is 11.0. The molecule has 1 aliphatic heterocycles. The van der Waals surface area contributed by atoms with Crippen LogP contribution in [-0.2, 0) is 15.1 Å². The van der Waals surface area contributed by atoms with Gasteiger partial charge in [0.2, 0.25) is 0 Å². The first kappa shape index (κ1) is 8.26. The first-order valence-corrected chi connectivity index (χ1v) is 4.18. The molecule has 1 aliphatic rings. The molecule has 0 bridgehead atoms. The van der Waals surface area contributed by atoms with E-state index in [1.54, 1.807) is 12.1 Å². The van der Waals surface area contributed by atoms with Crippen molar-refractivity contribution >= 4 is 5.97 Å². The van der Waals surface area contributed by atoms with Gasteiger partial charge in [-0.1, -0.05) is 30.3 Å². The molecule has 1 atom stereocenters. The summed E-state index contributed by atoms with van der Waals surface area (Å²) in [7, 11) is 0. The van der Waals surface area contributed by atoms with Gasteiger partial charge in [-0.3, -0.25) is 0 Å². The number of ether oxygens (including phenoxy) is 1. The van der Waals surface area contributed by atoms with Crippen LogP contribution in [0.2, 0.25) is 0 Å². The number of benzene rings is 1. The van der Waals surface area contributed by atoms with Crippen molar-refractivity contribution in [2.45, 2.75) is 12.0 Å². The lowest BCUT2D eigenvalue weighted by Crippen LogP contribution is -2.47. The summed E-state index contributed by atoms with van der Waals surface area (Å²) in [5.41, 5.74) is -0.338. The molecular weight excluding hydrogens is 168 g/mol. The van der Waals surface area contributed by atoms with Crippen LogP contribution in [0, 0.1) is 0 Å². The van der Waals surface area contributed by atoms with Gasteiger partial charge < -0.3 is 9.84 Å². The molecule has 1 aromatic rings. The first-order chi connectivity index (χ1) is 6.26. The molecule has 0 amide bonds. The Morgan fingerprint density at radius 2 is 2.00 bits per heavy atom. The van der Waals surface area contributed by atoms with Crippen molar-refractivity contribution < 1.29 is 14.6 Å². The van der Waals surface area contributed by atoms with Crippen LogP contribution in [0.5, 0.6) is 0 Å². The molecule has 13 heavy (non-hydrogen) atoms. The minimum atomic E-state index is -1.07. The van der Waals surface area contributed by atoms with E-state index < -0.39 is 11.6 Å². The summed E-state index contributed by atoms with van der Waals surface area (Å²) in [5, 5.41) is 9.01. The van der Waals surface area contributed by atoms with E-state index in [1.807, 2.05) is 18.2 Å². The Kier molecular flexibility index (Phi) is 1.81. The molecule has 3 heteroatoms. The summed E-state index contributed by atoms with van der Waals surface area (Å²) in [5.74, 6) is -0.898. The van der Waals surface area contributed by atoms with Gasteiger partial charge in [0.15, 0.2) is 5.60 Å². The second-order valence-corrected chi connectivity index (χ2v) is 3.10. The van der Waals surface area contributed by atoms with Gasteiger partial charge in [0.05, 0.1) is 6.61 Å². The molecule has 0 aromatic heterocycles. The fourth-order valence-corrected chi connectivity index (χ4v) is 1.53. The third kappa shape index (κ3) is 1.12. The molecule has 2 rings (SSSR count). The van der Waals surface area contributed by atoms with Gasteiger partial charge in [-0.25, -0.2) is 4.79 Å². The lowest BCUT2D eigenvalue weighted by atomic mass is 9.87. The third-order valence-electron chi connectivity index (χ3n) is 2.39. The number of carbonyl (C=O) groups is 1. The highest BCUT2D eigenvalue weighted by Crippen LogP contribution is 2.37. The normalized spacial score (nSPS) is 26.5. The lowest BCUT2D eigenvalue weighted by Gasteiger charge is -2.38. The second-order valence-electron chi connectivity index (χ2n) is 3.10. The Morgan fingerprint density at radius 1 is 1.38 bits per heavy atom. The average molecular weight is 178 g/mol. The van der Waals surface area contributed by atoms with Crippen molar-refractivity contribution in [3.63, 3.8) is 0 Å². The molecule has 1 saturated heterocycles. The van der Waals surface area contributed by atoms with Gasteiger partial charge in [0.25, 0.3) is 0 Å². The van der Waals surface area contributed by atoms with Crippen molar-refractivity contribution in [3.8, 4) is 0 Å². The molecule has 1 heterocycles. The maximum atomic E-state index is 11.0. The monoisotopic (exact) mass is 178 g/mol. The zero-order valence-electron chi connectivity index (χ0n) is 7.06.